The fourth-order valence-corrected chi connectivity index (χ4v) is 3.48. The largest absolute Gasteiger partial charge is 0.459 e. The van der Waals surface area contributed by atoms with Gasteiger partial charge in [-0.3, -0.25) is 9.59 Å². The van der Waals surface area contributed by atoms with Crippen molar-refractivity contribution in [1.29, 1.82) is 0 Å². The standard InChI is InChI=1S/C22H22N2O3/c1-15(20-14-17-5-2-3-6-19(17)27-20)23-21(25)13-16-8-10-18(11-9-16)24-12-4-7-22(24)26/h2-3,5-6,8-11,14-15H,4,7,12-13H2,1H3,(H,23,25)/t15-/m0/s1. The number of amides is 2. The third kappa shape index (κ3) is 3.72. The second kappa shape index (κ2) is 7.27. The Morgan fingerprint density at radius 1 is 1.19 bits per heavy atom. The molecule has 2 amide bonds. The van der Waals surface area contributed by atoms with Crippen LogP contribution in [-0.2, 0) is 16.0 Å². The summed E-state index contributed by atoms with van der Waals surface area (Å²) in [6, 6.07) is 17.2. The number of carbonyl (C=O) groups excluding carboxylic acids is 2. The summed E-state index contributed by atoms with van der Waals surface area (Å²) in [5.74, 6) is 0.848. The number of hydrogen-bond donors (Lipinski definition) is 1. The molecular formula is C22H22N2O3. The average Bonchev–Trinajstić information content (AvgIpc) is 3.28. The lowest BCUT2D eigenvalue weighted by molar-refractivity contribution is -0.121. The Bertz CT molecular complexity index is 942. The van der Waals surface area contributed by atoms with E-state index in [4.69, 9.17) is 4.42 Å². The van der Waals surface area contributed by atoms with Crippen molar-refractivity contribution in [2.24, 2.45) is 0 Å². The number of rotatable bonds is 5. The van der Waals surface area contributed by atoms with Crippen LogP contribution in [0.4, 0.5) is 5.69 Å². The Morgan fingerprint density at radius 3 is 2.67 bits per heavy atom. The molecule has 2 aromatic carbocycles. The van der Waals surface area contributed by atoms with Gasteiger partial charge in [0.1, 0.15) is 11.3 Å². The number of fused-ring (bicyclic) bond motifs is 1. The van der Waals surface area contributed by atoms with Gasteiger partial charge in [-0.1, -0.05) is 30.3 Å². The van der Waals surface area contributed by atoms with Gasteiger partial charge in [-0.2, -0.15) is 0 Å². The summed E-state index contributed by atoms with van der Waals surface area (Å²) in [7, 11) is 0. The SMILES string of the molecule is C[C@H](NC(=O)Cc1ccc(N2CCCC2=O)cc1)c1cc2ccccc2o1. The van der Waals surface area contributed by atoms with Gasteiger partial charge in [-0.05, 0) is 43.2 Å². The van der Waals surface area contributed by atoms with Gasteiger partial charge in [0.25, 0.3) is 0 Å². The number of nitrogens with one attached hydrogen (secondary N) is 1. The highest BCUT2D eigenvalue weighted by Gasteiger charge is 2.21. The minimum absolute atomic E-state index is 0.0621. The van der Waals surface area contributed by atoms with E-state index in [0.717, 1.165) is 40.9 Å². The maximum absolute atomic E-state index is 12.4. The molecule has 0 radical (unpaired) electrons. The summed E-state index contributed by atoms with van der Waals surface area (Å²) < 4.78 is 5.81. The molecule has 5 nitrogen and oxygen atoms in total. The van der Waals surface area contributed by atoms with Crippen LogP contribution in [0.5, 0.6) is 0 Å². The fraction of sp³-hybridized carbons (Fsp3) is 0.273. The van der Waals surface area contributed by atoms with Crippen molar-refractivity contribution in [2.75, 3.05) is 11.4 Å². The number of anilines is 1. The zero-order valence-corrected chi connectivity index (χ0v) is 15.3. The molecule has 2 heterocycles. The molecule has 1 N–H and O–H groups in total. The Kier molecular flexibility index (Phi) is 4.67. The normalized spacial score (nSPS) is 15.3. The predicted molar refractivity (Wildman–Crippen MR) is 105 cm³/mol. The van der Waals surface area contributed by atoms with E-state index in [0.29, 0.717) is 12.8 Å². The van der Waals surface area contributed by atoms with Crippen molar-refractivity contribution in [3.63, 3.8) is 0 Å². The molecule has 27 heavy (non-hydrogen) atoms. The lowest BCUT2D eigenvalue weighted by atomic mass is 10.1. The summed E-state index contributed by atoms with van der Waals surface area (Å²) >= 11 is 0. The minimum atomic E-state index is -0.202. The molecule has 1 aromatic heterocycles. The average molecular weight is 362 g/mol. The molecule has 3 aromatic rings. The summed E-state index contributed by atoms with van der Waals surface area (Å²) in [6.45, 7) is 2.69. The zero-order valence-electron chi connectivity index (χ0n) is 15.3. The topological polar surface area (TPSA) is 62.6 Å². The summed E-state index contributed by atoms with van der Waals surface area (Å²) in [4.78, 5) is 26.0. The molecule has 0 spiro atoms. The first-order valence-corrected chi connectivity index (χ1v) is 9.27. The van der Waals surface area contributed by atoms with E-state index in [9.17, 15) is 9.59 Å². The van der Waals surface area contributed by atoms with Gasteiger partial charge in [0.15, 0.2) is 0 Å². The van der Waals surface area contributed by atoms with Gasteiger partial charge < -0.3 is 14.6 Å². The number of nitrogens with zero attached hydrogens (tertiary/aromatic N) is 1. The van der Waals surface area contributed by atoms with Crippen molar-refractivity contribution in [3.05, 3.63) is 65.9 Å². The van der Waals surface area contributed by atoms with Crippen LogP contribution in [0.25, 0.3) is 11.0 Å². The van der Waals surface area contributed by atoms with Gasteiger partial charge in [0.2, 0.25) is 11.8 Å². The first-order valence-electron chi connectivity index (χ1n) is 9.27. The summed E-state index contributed by atoms with van der Waals surface area (Å²) in [5.41, 5.74) is 2.64. The van der Waals surface area contributed by atoms with Gasteiger partial charge in [-0.15, -0.1) is 0 Å². The number of hydrogen-bond acceptors (Lipinski definition) is 3. The van der Waals surface area contributed by atoms with Gasteiger partial charge in [-0.25, -0.2) is 0 Å². The van der Waals surface area contributed by atoms with E-state index in [2.05, 4.69) is 5.32 Å². The van der Waals surface area contributed by atoms with Crippen molar-refractivity contribution in [3.8, 4) is 0 Å². The molecule has 138 valence electrons. The highest BCUT2D eigenvalue weighted by atomic mass is 16.3. The molecule has 1 fully saturated rings. The second-order valence-electron chi connectivity index (χ2n) is 6.97. The van der Waals surface area contributed by atoms with E-state index in [-0.39, 0.29) is 17.9 Å². The van der Waals surface area contributed by atoms with E-state index in [1.807, 2.05) is 61.5 Å². The molecule has 1 aliphatic rings. The number of para-hydroxylation sites is 1. The molecule has 4 rings (SSSR count). The van der Waals surface area contributed by atoms with Crippen LogP contribution in [0.1, 0.15) is 37.1 Å². The molecule has 0 unspecified atom stereocenters. The maximum Gasteiger partial charge on any atom is 0.227 e. The van der Waals surface area contributed by atoms with Gasteiger partial charge >= 0.3 is 0 Å². The van der Waals surface area contributed by atoms with Crippen LogP contribution in [0.3, 0.4) is 0 Å². The second-order valence-corrected chi connectivity index (χ2v) is 6.97. The Hall–Kier alpha value is -3.08. The first kappa shape index (κ1) is 17.3. The lowest BCUT2D eigenvalue weighted by Gasteiger charge is -2.16. The summed E-state index contributed by atoms with van der Waals surface area (Å²) in [5, 5.41) is 4.01. The monoisotopic (exact) mass is 362 g/mol. The molecular weight excluding hydrogens is 340 g/mol. The van der Waals surface area contributed by atoms with Crippen molar-refractivity contribution in [1.82, 2.24) is 5.32 Å². The third-order valence-electron chi connectivity index (χ3n) is 4.93. The molecule has 5 heteroatoms. The quantitative estimate of drug-likeness (QED) is 0.747. The maximum atomic E-state index is 12.4. The van der Waals surface area contributed by atoms with E-state index in [1.54, 1.807) is 4.90 Å². The Balaban J connectivity index is 1.37. The van der Waals surface area contributed by atoms with Crippen LogP contribution < -0.4 is 10.2 Å². The minimum Gasteiger partial charge on any atom is -0.459 e. The van der Waals surface area contributed by atoms with E-state index < -0.39 is 0 Å². The van der Waals surface area contributed by atoms with Crippen molar-refractivity contribution >= 4 is 28.5 Å². The van der Waals surface area contributed by atoms with Crippen LogP contribution in [0.15, 0.2) is 59.0 Å². The fourth-order valence-electron chi connectivity index (χ4n) is 3.48. The van der Waals surface area contributed by atoms with Crippen LogP contribution in [0.2, 0.25) is 0 Å². The lowest BCUT2D eigenvalue weighted by Crippen LogP contribution is -2.28. The predicted octanol–water partition coefficient (Wildman–Crippen LogP) is 3.98. The van der Waals surface area contributed by atoms with Crippen LogP contribution in [0, 0.1) is 0 Å². The van der Waals surface area contributed by atoms with Gasteiger partial charge in [0, 0.05) is 24.0 Å². The molecule has 1 atom stereocenters. The smallest absolute Gasteiger partial charge is 0.227 e. The highest BCUT2D eigenvalue weighted by Crippen LogP contribution is 2.24. The van der Waals surface area contributed by atoms with E-state index >= 15 is 0 Å². The molecule has 0 bridgehead atoms. The van der Waals surface area contributed by atoms with Gasteiger partial charge in [0.05, 0.1) is 12.5 Å². The molecule has 1 saturated heterocycles. The Labute approximate surface area is 158 Å². The van der Waals surface area contributed by atoms with Crippen molar-refractivity contribution < 1.29 is 14.0 Å². The first-order chi connectivity index (χ1) is 13.1. The number of furan rings is 1. The Morgan fingerprint density at radius 2 is 1.96 bits per heavy atom. The highest BCUT2D eigenvalue weighted by molar-refractivity contribution is 5.95. The molecule has 0 saturated carbocycles. The van der Waals surface area contributed by atoms with E-state index in [1.165, 1.54) is 0 Å². The number of benzene rings is 2. The van der Waals surface area contributed by atoms with Crippen molar-refractivity contribution in [2.45, 2.75) is 32.2 Å². The molecule has 1 aliphatic heterocycles. The zero-order chi connectivity index (χ0) is 18.8. The third-order valence-corrected chi connectivity index (χ3v) is 4.93. The van der Waals surface area contributed by atoms with Crippen LogP contribution in [-0.4, -0.2) is 18.4 Å². The van der Waals surface area contributed by atoms with Crippen LogP contribution >= 0.6 is 0 Å². The summed E-state index contributed by atoms with van der Waals surface area (Å²) in [6.07, 6.45) is 1.81. The molecule has 0 aliphatic carbocycles. The number of carbonyl (C=O) groups is 2.